The van der Waals surface area contributed by atoms with E-state index < -0.39 is 37.9 Å². The van der Waals surface area contributed by atoms with E-state index in [2.05, 4.69) is 5.32 Å². The molecule has 7 nitrogen and oxygen atoms in total. The summed E-state index contributed by atoms with van der Waals surface area (Å²) in [6.45, 7) is 7.21. The number of benzene rings is 2. The van der Waals surface area contributed by atoms with Gasteiger partial charge >= 0.3 is 0 Å². The molecule has 0 saturated heterocycles. The number of hydrogen-bond donors (Lipinski definition) is 1. The quantitative estimate of drug-likeness (QED) is 0.644. The van der Waals surface area contributed by atoms with Crippen LogP contribution in [0.5, 0.6) is 0 Å². The number of nitrogens with zero attached hydrogens (tertiary/aromatic N) is 1. The third-order valence-electron chi connectivity index (χ3n) is 5.10. The predicted octanol–water partition coefficient (Wildman–Crippen LogP) is 3.13. The van der Waals surface area contributed by atoms with Gasteiger partial charge in [-0.15, -0.1) is 0 Å². The molecule has 9 heteroatoms. The number of sulfone groups is 1. The van der Waals surface area contributed by atoms with Gasteiger partial charge in [0, 0.05) is 6.26 Å². The largest absolute Gasteiger partial charge is 0.348 e. The number of carbonyl (C=O) groups is 1. The number of rotatable bonds is 8. The average Bonchev–Trinajstić information content (AvgIpc) is 2.66. The molecule has 1 N–H and O–H groups in total. The SMILES string of the molecule is CC[C@@H](C(=O)N[C@@H](C)c1ccc(S(C)(=O)=O)cc1)N(c1cc(C)ccc1C)S(C)(=O)=O. The van der Waals surface area contributed by atoms with E-state index in [1.807, 2.05) is 26.0 Å². The van der Waals surface area contributed by atoms with Crippen LogP contribution in [-0.2, 0) is 24.7 Å². The fraction of sp³-hybridized carbons (Fsp3) is 0.409. The first kappa shape index (κ1) is 24.9. The summed E-state index contributed by atoms with van der Waals surface area (Å²) in [5, 5.41) is 2.87. The molecule has 0 heterocycles. The maximum absolute atomic E-state index is 13.1. The van der Waals surface area contributed by atoms with Gasteiger partial charge in [-0.25, -0.2) is 16.8 Å². The Morgan fingerprint density at radius 1 is 1.00 bits per heavy atom. The molecule has 170 valence electrons. The van der Waals surface area contributed by atoms with Gasteiger partial charge in [0.2, 0.25) is 15.9 Å². The zero-order chi connectivity index (χ0) is 23.6. The molecule has 0 aliphatic heterocycles. The summed E-state index contributed by atoms with van der Waals surface area (Å²) in [6, 6.07) is 10.4. The van der Waals surface area contributed by atoms with Crippen molar-refractivity contribution < 1.29 is 21.6 Å². The maximum Gasteiger partial charge on any atom is 0.244 e. The van der Waals surface area contributed by atoms with Crippen molar-refractivity contribution in [2.24, 2.45) is 0 Å². The van der Waals surface area contributed by atoms with Gasteiger partial charge in [0.25, 0.3) is 0 Å². The van der Waals surface area contributed by atoms with E-state index >= 15 is 0 Å². The minimum atomic E-state index is -3.73. The van der Waals surface area contributed by atoms with Crippen molar-refractivity contribution >= 4 is 31.5 Å². The molecule has 0 radical (unpaired) electrons. The van der Waals surface area contributed by atoms with Gasteiger partial charge in [-0.1, -0.05) is 31.2 Å². The first-order chi connectivity index (χ1) is 14.3. The van der Waals surface area contributed by atoms with Crippen LogP contribution < -0.4 is 9.62 Å². The molecule has 0 fully saturated rings. The molecule has 0 aliphatic rings. The van der Waals surface area contributed by atoms with Crippen molar-refractivity contribution in [1.82, 2.24) is 5.32 Å². The summed E-state index contributed by atoms with van der Waals surface area (Å²) < 4.78 is 49.8. The molecule has 2 atom stereocenters. The van der Waals surface area contributed by atoms with Crippen molar-refractivity contribution in [3.63, 3.8) is 0 Å². The fourth-order valence-corrected chi connectivity index (χ4v) is 5.28. The lowest BCUT2D eigenvalue weighted by Gasteiger charge is -2.32. The topological polar surface area (TPSA) is 101 Å². The van der Waals surface area contributed by atoms with Crippen LogP contribution in [-0.4, -0.2) is 41.3 Å². The third-order valence-corrected chi connectivity index (χ3v) is 7.39. The Labute approximate surface area is 185 Å². The predicted molar refractivity (Wildman–Crippen MR) is 123 cm³/mol. The molecular formula is C22H30N2O5S2. The van der Waals surface area contributed by atoms with Crippen LogP contribution in [0.1, 0.15) is 43.0 Å². The minimum Gasteiger partial charge on any atom is -0.348 e. The molecule has 2 aromatic rings. The highest BCUT2D eigenvalue weighted by Gasteiger charge is 2.33. The first-order valence-corrected chi connectivity index (χ1v) is 13.7. The summed E-state index contributed by atoms with van der Waals surface area (Å²) in [5.41, 5.74) is 2.85. The van der Waals surface area contributed by atoms with Crippen molar-refractivity contribution in [3.8, 4) is 0 Å². The standard InChI is InChI=1S/C22H30N2O5S2/c1-7-20(24(31(6,28)29)21-14-15(2)8-9-16(21)3)22(25)23-17(4)18-10-12-19(13-11-18)30(5,26)27/h8-14,17,20H,7H2,1-6H3,(H,23,25)/t17-,20-/m0/s1. The fourth-order valence-electron chi connectivity index (χ4n) is 3.39. The van der Waals surface area contributed by atoms with Gasteiger partial charge in [0.05, 0.1) is 22.9 Å². The third kappa shape index (κ3) is 6.07. The molecule has 0 unspecified atom stereocenters. The average molecular weight is 467 g/mol. The minimum absolute atomic E-state index is 0.194. The van der Waals surface area contributed by atoms with Crippen LogP contribution >= 0.6 is 0 Å². The Morgan fingerprint density at radius 2 is 1.58 bits per heavy atom. The van der Waals surface area contributed by atoms with Gasteiger partial charge < -0.3 is 5.32 Å². The second-order valence-electron chi connectivity index (χ2n) is 7.84. The highest BCUT2D eigenvalue weighted by Crippen LogP contribution is 2.28. The van der Waals surface area contributed by atoms with E-state index in [1.165, 1.54) is 16.4 Å². The molecule has 2 aromatic carbocycles. The Morgan fingerprint density at radius 3 is 2.06 bits per heavy atom. The van der Waals surface area contributed by atoms with Crippen LogP contribution in [0, 0.1) is 13.8 Å². The number of anilines is 1. The lowest BCUT2D eigenvalue weighted by molar-refractivity contribution is -0.122. The van der Waals surface area contributed by atoms with Crippen molar-refractivity contribution in [2.75, 3.05) is 16.8 Å². The van der Waals surface area contributed by atoms with Gasteiger partial charge in [-0.05, 0) is 62.1 Å². The Bertz CT molecular complexity index is 1160. The van der Waals surface area contributed by atoms with Crippen molar-refractivity contribution in [2.45, 2.75) is 51.1 Å². The van der Waals surface area contributed by atoms with E-state index in [9.17, 15) is 21.6 Å². The smallest absolute Gasteiger partial charge is 0.244 e. The molecule has 0 spiro atoms. The summed E-state index contributed by atoms with van der Waals surface area (Å²) in [7, 11) is -7.04. The van der Waals surface area contributed by atoms with Gasteiger partial charge in [0.1, 0.15) is 6.04 Å². The number of sulfonamides is 1. The molecule has 0 aliphatic carbocycles. The first-order valence-electron chi connectivity index (χ1n) is 9.92. The van der Waals surface area contributed by atoms with Crippen LogP contribution in [0.15, 0.2) is 47.4 Å². The molecule has 1 amide bonds. The van der Waals surface area contributed by atoms with Gasteiger partial charge in [0.15, 0.2) is 9.84 Å². The molecule has 0 bridgehead atoms. The van der Waals surface area contributed by atoms with E-state index in [1.54, 1.807) is 32.0 Å². The lowest BCUT2D eigenvalue weighted by atomic mass is 10.1. The van der Waals surface area contributed by atoms with E-state index in [-0.39, 0.29) is 11.3 Å². The number of amides is 1. The van der Waals surface area contributed by atoms with Gasteiger partial charge in [-0.2, -0.15) is 0 Å². The summed E-state index contributed by atoms with van der Waals surface area (Å²) in [6.07, 6.45) is 2.51. The lowest BCUT2D eigenvalue weighted by Crippen LogP contribution is -2.50. The van der Waals surface area contributed by atoms with Gasteiger partial charge in [-0.3, -0.25) is 9.10 Å². The monoisotopic (exact) mass is 466 g/mol. The molecule has 0 aromatic heterocycles. The molecule has 0 saturated carbocycles. The number of aryl methyl sites for hydroxylation is 2. The van der Waals surface area contributed by atoms with E-state index in [0.29, 0.717) is 11.3 Å². The van der Waals surface area contributed by atoms with Crippen LogP contribution in [0.25, 0.3) is 0 Å². The molecule has 2 rings (SSSR count). The maximum atomic E-state index is 13.1. The summed E-state index contributed by atoms with van der Waals surface area (Å²) in [4.78, 5) is 13.3. The van der Waals surface area contributed by atoms with Crippen LogP contribution in [0.2, 0.25) is 0 Å². The molecule has 31 heavy (non-hydrogen) atoms. The van der Waals surface area contributed by atoms with Crippen molar-refractivity contribution in [3.05, 3.63) is 59.2 Å². The van der Waals surface area contributed by atoms with Crippen LogP contribution in [0.3, 0.4) is 0 Å². The Balaban J connectivity index is 2.34. The Hall–Kier alpha value is -2.39. The summed E-state index contributed by atoms with van der Waals surface area (Å²) in [5.74, 6) is -0.423. The Kier molecular flexibility index (Phi) is 7.54. The second kappa shape index (κ2) is 9.40. The zero-order valence-corrected chi connectivity index (χ0v) is 20.3. The van der Waals surface area contributed by atoms with E-state index in [4.69, 9.17) is 0 Å². The number of hydrogen-bond acceptors (Lipinski definition) is 5. The van der Waals surface area contributed by atoms with E-state index in [0.717, 1.165) is 23.6 Å². The normalized spacial score (nSPS) is 14.0. The summed E-state index contributed by atoms with van der Waals surface area (Å²) >= 11 is 0. The zero-order valence-electron chi connectivity index (χ0n) is 18.7. The second-order valence-corrected chi connectivity index (χ2v) is 11.7. The van der Waals surface area contributed by atoms with Crippen LogP contribution in [0.4, 0.5) is 5.69 Å². The highest BCUT2D eigenvalue weighted by molar-refractivity contribution is 7.92. The number of carbonyl (C=O) groups excluding carboxylic acids is 1. The molecular weight excluding hydrogens is 436 g/mol. The van der Waals surface area contributed by atoms with Crippen molar-refractivity contribution in [1.29, 1.82) is 0 Å². The number of nitrogens with one attached hydrogen (secondary N) is 1. The highest BCUT2D eigenvalue weighted by atomic mass is 32.2.